The van der Waals surface area contributed by atoms with Crippen LogP contribution >= 0.6 is 11.6 Å². The number of carbonyl (C=O) groups is 1. The highest BCUT2D eigenvalue weighted by molar-refractivity contribution is 6.30. The fraction of sp³-hybridized carbons (Fsp3) is 0.368. The van der Waals surface area contributed by atoms with Crippen LogP contribution in [0.5, 0.6) is 5.75 Å². The van der Waals surface area contributed by atoms with E-state index in [1.165, 1.54) is 0 Å². The zero-order chi connectivity index (χ0) is 17.5. The number of rotatable bonds is 6. The normalized spacial score (nSPS) is 15.0. The van der Waals surface area contributed by atoms with Gasteiger partial charge >= 0.3 is 0 Å². The van der Waals surface area contributed by atoms with Crippen molar-refractivity contribution < 1.29 is 9.53 Å². The van der Waals surface area contributed by atoms with Gasteiger partial charge in [-0.25, -0.2) is 4.98 Å². The van der Waals surface area contributed by atoms with E-state index in [2.05, 4.69) is 15.2 Å². The number of amides is 1. The van der Waals surface area contributed by atoms with E-state index in [1.807, 2.05) is 24.4 Å². The first-order valence-corrected chi connectivity index (χ1v) is 8.89. The molecule has 0 spiro atoms. The quantitative estimate of drug-likeness (QED) is 0.860. The average molecular weight is 360 g/mol. The van der Waals surface area contributed by atoms with Gasteiger partial charge in [-0.3, -0.25) is 4.79 Å². The Kier molecular flexibility index (Phi) is 6.12. The van der Waals surface area contributed by atoms with Crippen LogP contribution in [-0.4, -0.2) is 37.1 Å². The lowest BCUT2D eigenvalue weighted by Gasteiger charge is -2.32. The molecule has 1 aliphatic rings. The van der Waals surface area contributed by atoms with Crippen molar-refractivity contribution in [1.82, 2.24) is 10.3 Å². The molecule has 0 atom stereocenters. The van der Waals surface area contributed by atoms with Crippen molar-refractivity contribution in [2.75, 3.05) is 31.1 Å². The summed E-state index contributed by atoms with van der Waals surface area (Å²) in [6.07, 6.45) is 3.92. The lowest BCUT2D eigenvalue weighted by Crippen LogP contribution is -2.40. The second-order valence-corrected chi connectivity index (χ2v) is 6.60. The van der Waals surface area contributed by atoms with Gasteiger partial charge in [0.15, 0.2) is 6.61 Å². The molecule has 1 amide bonds. The van der Waals surface area contributed by atoms with Gasteiger partial charge in [-0.1, -0.05) is 17.7 Å². The molecule has 5 nitrogen and oxygen atoms in total. The Hall–Kier alpha value is -2.27. The van der Waals surface area contributed by atoms with E-state index in [0.29, 0.717) is 23.2 Å². The van der Waals surface area contributed by atoms with Crippen LogP contribution in [-0.2, 0) is 4.79 Å². The number of hydrogen-bond donors (Lipinski definition) is 1. The van der Waals surface area contributed by atoms with Crippen molar-refractivity contribution in [3.63, 3.8) is 0 Å². The number of halogens is 1. The van der Waals surface area contributed by atoms with Crippen molar-refractivity contribution in [1.29, 1.82) is 0 Å². The van der Waals surface area contributed by atoms with Gasteiger partial charge in [0.05, 0.1) is 0 Å². The number of anilines is 1. The molecular formula is C19H22ClN3O2. The van der Waals surface area contributed by atoms with Crippen LogP contribution in [0.4, 0.5) is 5.82 Å². The summed E-state index contributed by atoms with van der Waals surface area (Å²) in [5.41, 5.74) is 0. The summed E-state index contributed by atoms with van der Waals surface area (Å²) in [5, 5.41) is 3.61. The minimum atomic E-state index is -0.0953. The first-order chi connectivity index (χ1) is 12.2. The zero-order valence-electron chi connectivity index (χ0n) is 14.0. The van der Waals surface area contributed by atoms with E-state index in [4.69, 9.17) is 16.3 Å². The molecule has 1 fully saturated rings. The van der Waals surface area contributed by atoms with Crippen LogP contribution in [0.1, 0.15) is 12.8 Å². The van der Waals surface area contributed by atoms with Gasteiger partial charge in [0.25, 0.3) is 5.91 Å². The van der Waals surface area contributed by atoms with Crippen LogP contribution in [0.2, 0.25) is 5.02 Å². The van der Waals surface area contributed by atoms with Crippen LogP contribution in [0, 0.1) is 5.92 Å². The lowest BCUT2D eigenvalue weighted by molar-refractivity contribution is -0.123. The molecule has 6 heteroatoms. The Morgan fingerprint density at radius 1 is 1.20 bits per heavy atom. The number of nitrogens with one attached hydrogen (secondary N) is 1. The van der Waals surface area contributed by atoms with Crippen LogP contribution < -0.4 is 15.0 Å². The highest BCUT2D eigenvalue weighted by Crippen LogP contribution is 2.21. The maximum absolute atomic E-state index is 11.9. The van der Waals surface area contributed by atoms with Crippen molar-refractivity contribution in [3.8, 4) is 5.75 Å². The number of benzene rings is 1. The van der Waals surface area contributed by atoms with Gasteiger partial charge in [0.1, 0.15) is 11.6 Å². The minimum Gasteiger partial charge on any atom is -0.484 e. The van der Waals surface area contributed by atoms with Crippen molar-refractivity contribution in [2.45, 2.75) is 12.8 Å². The molecule has 3 rings (SSSR count). The number of aromatic nitrogens is 1. The molecule has 1 aromatic carbocycles. The van der Waals surface area contributed by atoms with Crippen LogP contribution in [0.15, 0.2) is 48.7 Å². The van der Waals surface area contributed by atoms with Gasteiger partial charge in [-0.2, -0.15) is 0 Å². The van der Waals surface area contributed by atoms with E-state index < -0.39 is 0 Å². The second-order valence-electron chi connectivity index (χ2n) is 6.17. The fourth-order valence-electron chi connectivity index (χ4n) is 2.90. The van der Waals surface area contributed by atoms with Crippen LogP contribution in [0.25, 0.3) is 0 Å². The lowest BCUT2D eigenvalue weighted by atomic mass is 9.97. The standard InChI is InChI=1S/C19H22ClN3O2/c20-16-4-6-17(7-5-16)25-14-19(24)22-13-15-8-11-23(12-9-15)18-3-1-2-10-21-18/h1-7,10,15H,8-9,11-14H2,(H,22,24). The molecule has 1 saturated heterocycles. The Balaban J connectivity index is 1.35. The molecule has 1 aromatic heterocycles. The topological polar surface area (TPSA) is 54.5 Å². The molecular weight excluding hydrogens is 338 g/mol. The molecule has 0 bridgehead atoms. The molecule has 2 aromatic rings. The Morgan fingerprint density at radius 2 is 1.96 bits per heavy atom. The van der Waals surface area contributed by atoms with E-state index in [1.54, 1.807) is 24.3 Å². The summed E-state index contributed by atoms with van der Waals surface area (Å²) in [4.78, 5) is 18.6. The number of pyridine rings is 1. The summed E-state index contributed by atoms with van der Waals surface area (Å²) in [7, 11) is 0. The van der Waals surface area contributed by atoms with Gasteiger partial charge in [0, 0.05) is 30.9 Å². The number of ether oxygens (including phenoxy) is 1. The molecule has 0 aliphatic carbocycles. The molecule has 0 radical (unpaired) electrons. The average Bonchev–Trinajstić information content (AvgIpc) is 2.67. The molecule has 25 heavy (non-hydrogen) atoms. The summed E-state index contributed by atoms with van der Waals surface area (Å²) in [6.45, 7) is 2.66. The number of piperidine rings is 1. The highest BCUT2D eigenvalue weighted by atomic mass is 35.5. The Bertz CT molecular complexity index is 671. The number of nitrogens with zero attached hydrogens (tertiary/aromatic N) is 2. The molecule has 132 valence electrons. The first kappa shape index (κ1) is 17.5. The highest BCUT2D eigenvalue weighted by Gasteiger charge is 2.20. The predicted octanol–water partition coefficient (Wildman–Crippen LogP) is 3.15. The van der Waals surface area contributed by atoms with Gasteiger partial charge in [-0.15, -0.1) is 0 Å². The predicted molar refractivity (Wildman–Crippen MR) is 99.1 cm³/mol. The SMILES string of the molecule is O=C(COc1ccc(Cl)cc1)NCC1CCN(c2ccccn2)CC1. The van der Waals surface area contributed by atoms with E-state index in [0.717, 1.165) is 31.7 Å². The van der Waals surface area contributed by atoms with Gasteiger partial charge in [0.2, 0.25) is 0 Å². The molecule has 2 heterocycles. The molecule has 1 N–H and O–H groups in total. The van der Waals surface area contributed by atoms with Gasteiger partial charge in [-0.05, 0) is 55.2 Å². The summed E-state index contributed by atoms with van der Waals surface area (Å²) in [6, 6.07) is 13.0. The molecule has 0 unspecified atom stereocenters. The molecule has 0 saturated carbocycles. The Morgan fingerprint density at radius 3 is 2.64 bits per heavy atom. The maximum atomic E-state index is 11.9. The van der Waals surface area contributed by atoms with E-state index in [-0.39, 0.29) is 12.5 Å². The summed E-state index contributed by atoms with van der Waals surface area (Å²) < 4.78 is 5.45. The maximum Gasteiger partial charge on any atom is 0.257 e. The summed E-state index contributed by atoms with van der Waals surface area (Å²) in [5.74, 6) is 2.08. The van der Waals surface area contributed by atoms with Crippen molar-refractivity contribution in [3.05, 3.63) is 53.7 Å². The van der Waals surface area contributed by atoms with Crippen molar-refractivity contribution in [2.24, 2.45) is 5.92 Å². The third-order valence-corrected chi connectivity index (χ3v) is 4.61. The first-order valence-electron chi connectivity index (χ1n) is 8.52. The third-order valence-electron chi connectivity index (χ3n) is 4.36. The second kappa shape index (κ2) is 8.72. The van der Waals surface area contributed by atoms with E-state index in [9.17, 15) is 4.79 Å². The largest absolute Gasteiger partial charge is 0.484 e. The minimum absolute atomic E-state index is 0.0222. The Labute approximate surface area is 153 Å². The number of hydrogen-bond acceptors (Lipinski definition) is 4. The summed E-state index contributed by atoms with van der Waals surface area (Å²) >= 11 is 5.82. The van der Waals surface area contributed by atoms with Crippen molar-refractivity contribution >= 4 is 23.3 Å². The van der Waals surface area contributed by atoms with Crippen LogP contribution in [0.3, 0.4) is 0 Å². The fourth-order valence-corrected chi connectivity index (χ4v) is 3.02. The molecule has 1 aliphatic heterocycles. The zero-order valence-corrected chi connectivity index (χ0v) is 14.8. The monoisotopic (exact) mass is 359 g/mol. The third kappa shape index (κ3) is 5.36. The van der Waals surface area contributed by atoms with E-state index >= 15 is 0 Å². The smallest absolute Gasteiger partial charge is 0.257 e. The van der Waals surface area contributed by atoms with Gasteiger partial charge < -0.3 is 15.0 Å². The number of carbonyl (C=O) groups excluding carboxylic acids is 1.